The second-order valence-corrected chi connectivity index (χ2v) is 7.07. The van der Waals surface area contributed by atoms with Crippen LogP contribution in [0.2, 0.25) is 0 Å². The molecular formula is C20H18N2O3S. The van der Waals surface area contributed by atoms with Gasteiger partial charge in [0.1, 0.15) is 0 Å². The molecule has 2 aromatic heterocycles. The van der Waals surface area contributed by atoms with Crippen LogP contribution in [0.3, 0.4) is 0 Å². The van der Waals surface area contributed by atoms with Crippen molar-refractivity contribution in [3.8, 4) is 0 Å². The van der Waals surface area contributed by atoms with Gasteiger partial charge in [-0.25, -0.2) is 0 Å². The van der Waals surface area contributed by atoms with E-state index in [9.17, 15) is 9.59 Å². The van der Waals surface area contributed by atoms with Gasteiger partial charge in [0.15, 0.2) is 5.76 Å². The molecule has 0 saturated carbocycles. The van der Waals surface area contributed by atoms with Crippen molar-refractivity contribution in [1.82, 2.24) is 4.90 Å². The smallest absolute Gasteiger partial charge is 0.289 e. The van der Waals surface area contributed by atoms with Crippen LogP contribution in [0.1, 0.15) is 27.2 Å². The largest absolute Gasteiger partial charge is 0.459 e. The van der Waals surface area contributed by atoms with E-state index in [4.69, 9.17) is 4.42 Å². The molecule has 1 aliphatic heterocycles. The molecule has 26 heavy (non-hydrogen) atoms. The van der Waals surface area contributed by atoms with E-state index < -0.39 is 0 Å². The molecule has 5 nitrogen and oxygen atoms in total. The van der Waals surface area contributed by atoms with Crippen LogP contribution in [-0.2, 0) is 24.2 Å². The van der Waals surface area contributed by atoms with Crippen LogP contribution in [-0.4, -0.2) is 23.3 Å². The number of fused-ring (bicyclic) bond motifs is 1. The third kappa shape index (κ3) is 3.55. The molecule has 6 heteroatoms. The van der Waals surface area contributed by atoms with Gasteiger partial charge in [0.05, 0.1) is 12.7 Å². The van der Waals surface area contributed by atoms with E-state index in [1.54, 1.807) is 28.4 Å². The van der Waals surface area contributed by atoms with Crippen molar-refractivity contribution >= 4 is 28.8 Å². The molecule has 0 unspecified atom stereocenters. The van der Waals surface area contributed by atoms with Crippen LogP contribution in [0.4, 0.5) is 5.69 Å². The highest BCUT2D eigenvalue weighted by molar-refractivity contribution is 7.08. The van der Waals surface area contributed by atoms with Crippen LogP contribution >= 0.6 is 11.3 Å². The van der Waals surface area contributed by atoms with Crippen LogP contribution in [0.15, 0.2) is 57.8 Å². The van der Waals surface area contributed by atoms with Gasteiger partial charge in [-0.3, -0.25) is 9.59 Å². The highest BCUT2D eigenvalue weighted by Crippen LogP contribution is 2.24. The summed E-state index contributed by atoms with van der Waals surface area (Å²) in [6.07, 6.45) is 2.67. The number of carbonyl (C=O) groups is 2. The first kappa shape index (κ1) is 16.6. The summed E-state index contributed by atoms with van der Waals surface area (Å²) in [6, 6.07) is 11.3. The highest BCUT2D eigenvalue weighted by atomic mass is 32.1. The minimum absolute atomic E-state index is 0.0392. The Morgan fingerprint density at radius 3 is 2.88 bits per heavy atom. The highest BCUT2D eigenvalue weighted by Gasteiger charge is 2.23. The number of anilines is 1. The molecule has 0 bridgehead atoms. The van der Waals surface area contributed by atoms with Gasteiger partial charge < -0.3 is 14.6 Å². The van der Waals surface area contributed by atoms with Crippen molar-refractivity contribution in [3.05, 3.63) is 75.9 Å². The normalized spacial score (nSPS) is 13.3. The Morgan fingerprint density at radius 1 is 1.19 bits per heavy atom. The molecule has 0 spiro atoms. The third-order valence-electron chi connectivity index (χ3n) is 4.47. The molecule has 0 atom stereocenters. The number of rotatable bonds is 4. The molecule has 1 aromatic carbocycles. The summed E-state index contributed by atoms with van der Waals surface area (Å²) < 4.78 is 5.22. The van der Waals surface area contributed by atoms with Crippen LogP contribution in [0, 0.1) is 0 Å². The number of nitrogens with zero attached hydrogens (tertiary/aromatic N) is 1. The maximum Gasteiger partial charge on any atom is 0.289 e. The summed E-state index contributed by atoms with van der Waals surface area (Å²) >= 11 is 1.58. The minimum atomic E-state index is -0.104. The van der Waals surface area contributed by atoms with Gasteiger partial charge in [-0.15, -0.1) is 0 Å². The Labute approximate surface area is 155 Å². The molecule has 1 N–H and O–H groups in total. The maximum absolute atomic E-state index is 12.5. The van der Waals surface area contributed by atoms with E-state index in [-0.39, 0.29) is 11.8 Å². The number of hydrogen-bond acceptors (Lipinski definition) is 4. The maximum atomic E-state index is 12.5. The first-order chi connectivity index (χ1) is 12.7. The predicted octanol–water partition coefficient (Wildman–Crippen LogP) is 3.72. The monoisotopic (exact) mass is 366 g/mol. The fraction of sp³-hybridized carbons (Fsp3) is 0.200. The molecule has 132 valence electrons. The molecule has 0 aliphatic carbocycles. The zero-order valence-corrected chi connectivity index (χ0v) is 14.9. The fourth-order valence-corrected chi connectivity index (χ4v) is 3.82. The Kier molecular flexibility index (Phi) is 4.58. The van der Waals surface area contributed by atoms with Crippen molar-refractivity contribution in [2.45, 2.75) is 19.4 Å². The van der Waals surface area contributed by atoms with Gasteiger partial charge in [-0.1, -0.05) is 6.07 Å². The third-order valence-corrected chi connectivity index (χ3v) is 5.20. The molecule has 3 aromatic rings. The lowest BCUT2D eigenvalue weighted by Crippen LogP contribution is -2.35. The first-order valence-corrected chi connectivity index (χ1v) is 9.39. The van der Waals surface area contributed by atoms with Gasteiger partial charge in [-0.05, 0) is 64.2 Å². The van der Waals surface area contributed by atoms with Crippen LogP contribution < -0.4 is 5.32 Å². The van der Waals surface area contributed by atoms with Gasteiger partial charge in [-0.2, -0.15) is 11.3 Å². The Balaban J connectivity index is 1.45. The zero-order valence-electron chi connectivity index (χ0n) is 14.1. The summed E-state index contributed by atoms with van der Waals surface area (Å²) in [5.41, 5.74) is 4.05. The summed E-state index contributed by atoms with van der Waals surface area (Å²) in [4.78, 5) is 26.4. The average Bonchev–Trinajstić information content (AvgIpc) is 3.34. The van der Waals surface area contributed by atoms with Crippen molar-refractivity contribution in [2.24, 2.45) is 0 Å². The number of amides is 2. The summed E-state index contributed by atoms with van der Waals surface area (Å²) in [5, 5.41) is 6.89. The molecule has 0 saturated heterocycles. The van der Waals surface area contributed by atoms with Gasteiger partial charge in [0.25, 0.3) is 5.91 Å². The molecule has 1 aliphatic rings. The number of carbonyl (C=O) groups excluding carboxylic acids is 2. The molecule has 3 heterocycles. The number of furan rings is 1. The lowest BCUT2D eigenvalue weighted by atomic mass is 9.98. The number of hydrogen-bond donors (Lipinski definition) is 1. The van der Waals surface area contributed by atoms with E-state index in [2.05, 4.69) is 5.32 Å². The van der Waals surface area contributed by atoms with E-state index >= 15 is 0 Å². The summed E-state index contributed by atoms with van der Waals surface area (Å²) in [6.45, 7) is 1.18. The molecular weight excluding hydrogens is 348 g/mol. The lowest BCUT2D eigenvalue weighted by Gasteiger charge is -2.28. The van der Waals surface area contributed by atoms with E-state index in [0.717, 1.165) is 23.2 Å². The van der Waals surface area contributed by atoms with E-state index in [1.807, 2.05) is 35.0 Å². The standard InChI is InChI=1S/C20H18N2O3S/c23-19(10-14-6-9-26-13-14)21-17-4-3-15-5-7-22(12-16(15)11-17)20(24)18-2-1-8-25-18/h1-4,6,8-9,11,13H,5,7,10,12H2,(H,21,23). The van der Waals surface area contributed by atoms with Crippen LogP contribution in [0.5, 0.6) is 0 Å². The molecule has 2 amide bonds. The average molecular weight is 366 g/mol. The molecule has 4 rings (SSSR count). The van der Waals surface area contributed by atoms with E-state index in [0.29, 0.717) is 25.3 Å². The number of thiophene rings is 1. The lowest BCUT2D eigenvalue weighted by molar-refractivity contribution is -0.115. The predicted molar refractivity (Wildman–Crippen MR) is 100 cm³/mol. The zero-order chi connectivity index (χ0) is 17.9. The minimum Gasteiger partial charge on any atom is -0.459 e. The van der Waals surface area contributed by atoms with Crippen molar-refractivity contribution in [3.63, 3.8) is 0 Å². The van der Waals surface area contributed by atoms with Crippen LogP contribution in [0.25, 0.3) is 0 Å². The van der Waals surface area contributed by atoms with Gasteiger partial charge in [0.2, 0.25) is 5.91 Å². The summed E-state index contributed by atoms with van der Waals surface area (Å²) in [7, 11) is 0. The SMILES string of the molecule is O=C(Cc1ccsc1)Nc1ccc2c(c1)CN(C(=O)c1ccco1)CC2. The van der Waals surface area contributed by atoms with Crippen molar-refractivity contribution < 1.29 is 14.0 Å². The topological polar surface area (TPSA) is 62.6 Å². The number of benzene rings is 1. The van der Waals surface area contributed by atoms with E-state index in [1.165, 1.54) is 11.8 Å². The van der Waals surface area contributed by atoms with Crippen molar-refractivity contribution in [2.75, 3.05) is 11.9 Å². The summed E-state index contributed by atoms with van der Waals surface area (Å²) in [5.74, 6) is 0.212. The van der Waals surface area contributed by atoms with Gasteiger partial charge >= 0.3 is 0 Å². The first-order valence-electron chi connectivity index (χ1n) is 8.44. The van der Waals surface area contributed by atoms with Crippen molar-refractivity contribution in [1.29, 1.82) is 0 Å². The Bertz CT molecular complexity index is 917. The van der Waals surface area contributed by atoms with Gasteiger partial charge in [0, 0.05) is 18.8 Å². The fourth-order valence-electron chi connectivity index (χ4n) is 3.15. The Morgan fingerprint density at radius 2 is 2.12 bits per heavy atom. The second kappa shape index (κ2) is 7.17. The quantitative estimate of drug-likeness (QED) is 0.765. The Hall–Kier alpha value is -2.86. The molecule has 0 fully saturated rings. The second-order valence-electron chi connectivity index (χ2n) is 6.29. The molecule has 0 radical (unpaired) electrons. The number of nitrogens with one attached hydrogen (secondary N) is 1.